The quantitative estimate of drug-likeness (QED) is 0.914. The lowest BCUT2D eigenvalue weighted by atomic mass is 9.96. The Bertz CT molecular complexity index is 464. The number of likely N-dealkylation sites (N-methyl/N-ethyl adjacent to an activating group) is 1. The van der Waals surface area contributed by atoms with Gasteiger partial charge in [0.2, 0.25) is 5.91 Å². The molecule has 1 aliphatic rings. The van der Waals surface area contributed by atoms with Crippen molar-refractivity contribution >= 4 is 21.8 Å². The van der Waals surface area contributed by atoms with Gasteiger partial charge in [0.05, 0.1) is 0 Å². The lowest BCUT2D eigenvalue weighted by Crippen LogP contribution is -2.47. The summed E-state index contributed by atoms with van der Waals surface area (Å²) in [5.41, 5.74) is 1.21. The molecule has 2 rings (SSSR count). The Balaban J connectivity index is 1.95. The highest BCUT2D eigenvalue weighted by Gasteiger charge is 2.24. The minimum atomic E-state index is 0.244. The first-order chi connectivity index (χ1) is 9.61. The molecule has 2 atom stereocenters. The second-order valence-electron chi connectivity index (χ2n) is 5.59. The number of carbonyl (C=O) groups excluding carboxylic acids is 1. The van der Waals surface area contributed by atoms with Gasteiger partial charge in [-0.05, 0) is 37.4 Å². The molecule has 0 spiro atoms. The van der Waals surface area contributed by atoms with E-state index in [9.17, 15) is 4.79 Å². The summed E-state index contributed by atoms with van der Waals surface area (Å²) in [5.74, 6) is 0.515. The molecule has 1 aromatic rings. The zero-order valence-electron chi connectivity index (χ0n) is 12.2. The second kappa shape index (κ2) is 7.23. The average molecular weight is 339 g/mol. The summed E-state index contributed by atoms with van der Waals surface area (Å²) in [6.07, 6.45) is 2.85. The van der Waals surface area contributed by atoms with E-state index in [0.29, 0.717) is 12.5 Å². The highest BCUT2D eigenvalue weighted by molar-refractivity contribution is 9.10. The third-order valence-corrected chi connectivity index (χ3v) is 4.82. The number of nitrogens with one attached hydrogen (secondary N) is 1. The van der Waals surface area contributed by atoms with E-state index in [1.54, 1.807) is 0 Å². The van der Waals surface area contributed by atoms with E-state index in [1.165, 1.54) is 12.0 Å². The highest BCUT2D eigenvalue weighted by atomic mass is 79.9. The van der Waals surface area contributed by atoms with Crippen LogP contribution in [0.25, 0.3) is 0 Å². The molecule has 1 fully saturated rings. The average Bonchev–Trinajstić information content (AvgIpc) is 2.47. The van der Waals surface area contributed by atoms with Gasteiger partial charge in [-0.2, -0.15) is 0 Å². The smallest absolute Gasteiger partial charge is 0.223 e. The summed E-state index contributed by atoms with van der Waals surface area (Å²) in [7, 11) is 1.97. The van der Waals surface area contributed by atoms with Crippen LogP contribution in [0, 0.1) is 0 Å². The van der Waals surface area contributed by atoms with E-state index >= 15 is 0 Å². The van der Waals surface area contributed by atoms with E-state index in [4.69, 9.17) is 0 Å². The van der Waals surface area contributed by atoms with Crippen LogP contribution in [-0.4, -0.2) is 37.0 Å². The van der Waals surface area contributed by atoms with Gasteiger partial charge in [-0.15, -0.1) is 0 Å². The van der Waals surface area contributed by atoms with Gasteiger partial charge in [0.15, 0.2) is 0 Å². The standard InChI is InChI=1S/C16H23BrN2O/c1-12(14-7-3-4-8-15(14)17)10-16(20)19-9-5-6-13(11-19)18-2/h3-4,7-8,12-13,18H,5-6,9-11H2,1-2H3. The Labute approximate surface area is 129 Å². The maximum Gasteiger partial charge on any atom is 0.223 e. The monoisotopic (exact) mass is 338 g/mol. The first-order valence-electron chi connectivity index (χ1n) is 7.31. The number of hydrogen-bond acceptors (Lipinski definition) is 2. The van der Waals surface area contributed by atoms with Gasteiger partial charge in [0.25, 0.3) is 0 Å². The van der Waals surface area contributed by atoms with Crippen molar-refractivity contribution < 1.29 is 4.79 Å². The Morgan fingerprint density at radius 3 is 2.95 bits per heavy atom. The van der Waals surface area contributed by atoms with Crippen LogP contribution in [0.2, 0.25) is 0 Å². The van der Waals surface area contributed by atoms with Crippen molar-refractivity contribution in [1.82, 2.24) is 10.2 Å². The Hall–Kier alpha value is -0.870. The first-order valence-corrected chi connectivity index (χ1v) is 8.10. The molecular formula is C16H23BrN2O. The Morgan fingerprint density at radius 1 is 1.50 bits per heavy atom. The molecule has 0 aliphatic carbocycles. The van der Waals surface area contributed by atoms with Gasteiger partial charge in [-0.25, -0.2) is 0 Å². The molecule has 4 heteroatoms. The summed E-state index contributed by atoms with van der Waals surface area (Å²) in [6, 6.07) is 8.61. The number of likely N-dealkylation sites (tertiary alicyclic amines) is 1. The number of rotatable bonds is 4. The van der Waals surface area contributed by atoms with Crippen LogP contribution in [0.3, 0.4) is 0 Å². The number of benzene rings is 1. The molecule has 3 nitrogen and oxygen atoms in total. The molecule has 1 aromatic carbocycles. The molecule has 1 aliphatic heterocycles. The summed E-state index contributed by atoms with van der Waals surface area (Å²) >= 11 is 3.57. The van der Waals surface area contributed by atoms with Gasteiger partial charge in [-0.1, -0.05) is 41.1 Å². The van der Waals surface area contributed by atoms with Crippen LogP contribution in [0.1, 0.15) is 37.7 Å². The molecule has 20 heavy (non-hydrogen) atoms. The lowest BCUT2D eigenvalue weighted by Gasteiger charge is -2.33. The molecule has 1 N–H and O–H groups in total. The van der Waals surface area contributed by atoms with Crippen molar-refractivity contribution in [2.24, 2.45) is 0 Å². The number of piperidine rings is 1. The van der Waals surface area contributed by atoms with E-state index in [1.807, 2.05) is 30.1 Å². The fraction of sp³-hybridized carbons (Fsp3) is 0.562. The molecule has 1 saturated heterocycles. The Kier molecular flexibility index (Phi) is 5.61. The van der Waals surface area contributed by atoms with Gasteiger partial charge in [0.1, 0.15) is 0 Å². The van der Waals surface area contributed by atoms with Gasteiger partial charge < -0.3 is 10.2 Å². The van der Waals surface area contributed by atoms with Crippen LogP contribution in [0.4, 0.5) is 0 Å². The van der Waals surface area contributed by atoms with Crippen LogP contribution in [-0.2, 0) is 4.79 Å². The van der Waals surface area contributed by atoms with Crippen LogP contribution in [0.5, 0.6) is 0 Å². The molecule has 110 valence electrons. The predicted octanol–water partition coefficient (Wildman–Crippen LogP) is 3.15. The predicted molar refractivity (Wildman–Crippen MR) is 85.8 cm³/mol. The van der Waals surface area contributed by atoms with Gasteiger partial charge in [0, 0.05) is 30.0 Å². The fourth-order valence-electron chi connectivity index (χ4n) is 2.82. The lowest BCUT2D eigenvalue weighted by molar-refractivity contribution is -0.132. The van der Waals surface area contributed by atoms with Crippen LogP contribution < -0.4 is 5.32 Å². The van der Waals surface area contributed by atoms with Crippen molar-refractivity contribution in [3.63, 3.8) is 0 Å². The third kappa shape index (κ3) is 3.83. The van der Waals surface area contributed by atoms with Crippen molar-refractivity contribution in [3.05, 3.63) is 34.3 Å². The van der Waals surface area contributed by atoms with E-state index in [-0.39, 0.29) is 11.8 Å². The van der Waals surface area contributed by atoms with Crippen LogP contribution >= 0.6 is 15.9 Å². The third-order valence-electron chi connectivity index (χ3n) is 4.10. The SMILES string of the molecule is CNC1CCCN(C(=O)CC(C)c2ccccc2Br)C1. The Morgan fingerprint density at radius 2 is 2.25 bits per heavy atom. The second-order valence-corrected chi connectivity index (χ2v) is 6.45. The molecule has 1 amide bonds. The normalized spacial score (nSPS) is 20.8. The fourth-order valence-corrected chi connectivity index (χ4v) is 3.49. The minimum absolute atomic E-state index is 0.244. The number of amides is 1. The van der Waals surface area contributed by atoms with Crippen molar-refractivity contribution in [2.45, 2.75) is 38.1 Å². The summed E-state index contributed by atoms with van der Waals surface area (Å²) in [4.78, 5) is 14.4. The highest BCUT2D eigenvalue weighted by Crippen LogP contribution is 2.27. The van der Waals surface area contributed by atoms with Crippen molar-refractivity contribution in [3.8, 4) is 0 Å². The molecule has 0 bridgehead atoms. The van der Waals surface area contributed by atoms with E-state index in [2.05, 4.69) is 34.2 Å². The number of nitrogens with zero attached hydrogens (tertiary/aromatic N) is 1. The topological polar surface area (TPSA) is 32.3 Å². The number of hydrogen-bond donors (Lipinski definition) is 1. The van der Waals surface area contributed by atoms with Gasteiger partial charge >= 0.3 is 0 Å². The van der Waals surface area contributed by atoms with E-state index in [0.717, 1.165) is 24.0 Å². The number of halogens is 1. The van der Waals surface area contributed by atoms with Crippen LogP contribution in [0.15, 0.2) is 28.7 Å². The minimum Gasteiger partial charge on any atom is -0.341 e. The molecular weight excluding hydrogens is 316 g/mol. The summed E-state index contributed by atoms with van der Waals surface area (Å²) in [6.45, 7) is 3.87. The maximum absolute atomic E-state index is 12.4. The van der Waals surface area contributed by atoms with Crippen molar-refractivity contribution in [2.75, 3.05) is 20.1 Å². The van der Waals surface area contributed by atoms with Crippen molar-refractivity contribution in [1.29, 1.82) is 0 Å². The molecule has 1 heterocycles. The maximum atomic E-state index is 12.4. The zero-order chi connectivity index (χ0) is 14.5. The first kappa shape index (κ1) is 15.5. The number of carbonyl (C=O) groups is 1. The van der Waals surface area contributed by atoms with E-state index < -0.39 is 0 Å². The molecule has 0 radical (unpaired) electrons. The molecule has 0 aromatic heterocycles. The van der Waals surface area contributed by atoms with Gasteiger partial charge in [-0.3, -0.25) is 4.79 Å². The zero-order valence-corrected chi connectivity index (χ0v) is 13.8. The largest absolute Gasteiger partial charge is 0.341 e. The molecule has 0 saturated carbocycles. The summed E-state index contributed by atoms with van der Waals surface area (Å²) in [5, 5.41) is 3.28. The summed E-state index contributed by atoms with van der Waals surface area (Å²) < 4.78 is 1.09. The molecule has 2 unspecified atom stereocenters.